The first-order valence-corrected chi connectivity index (χ1v) is 9.19. The fourth-order valence-electron chi connectivity index (χ4n) is 2.83. The van der Waals surface area contributed by atoms with Gasteiger partial charge in [-0.05, 0) is 19.8 Å². The van der Waals surface area contributed by atoms with Gasteiger partial charge in [0.15, 0.2) is 0 Å². The molecule has 1 heterocycles. The van der Waals surface area contributed by atoms with Crippen LogP contribution < -0.4 is 5.32 Å². The van der Waals surface area contributed by atoms with Gasteiger partial charge in [0, 0.05) is 6.04 Å². The van der Waals surface area contributed by atoms with E-state index in [1.807, 2.05) is 0 Å². The molecule has 0 spiro atoms. The quantitative estimate of drug-likeness (QED) is 0.469. The fraction of sp³-hybridized carbons (Fsp3) is 0.688. The topological polar surface area (TPSA) is 75.7 Å². The summed E-state index contributed by atoms with van der Waals surface area (Å²) in [5, 5.41) is 3.51. The number of ether oxygens (including phenoxy) is 1. The molecule has 1 aliphatic heterocycles. The van der Waals surface area contributed by atoms with Crippen molar-refractivity contribution < 1.29 is 19.1 Å². The summed E-state index contributed by atoms with van der Waals surface area (Å²) in [6.45, 7) is 1.97. The number of hydrogen-bond acceptors (Lipinski definition) is 5. The van der Waals surface area contributed by atoms with Gasteiger partial charge in [0.1, 0.15) is 6.54 Å². The van der Waals surface area contributed by atoms with Crippen molar-refractivity contribution in [3.8, 4) is 0 Å². The van der Waals surface area contributed by atoms with Crippen molar-refractivity contribution in [2.75, 3.05) is 18.9 Å². The first kappa shape index (κ1) is 17.8. The van der Waals surface area contributed by atoms with Crippen molar-refractivity contribution in [2.45, 2.75) is 51.5 Å². The number of amides is 2. The van der Waals surface area contributed by atoms with Gasteiger partial charge in [-0.2, -0.15) is 0 Å². The zero-order chi connectivity index (χ0) is 16.7. The van der Waals surface area contributed by atoms with E-state index in [-0.39, 0.29) is 36.8 Å². The summed E-state index contributed by atoms with van der Waals surface area (Å²) in [6.07, 6.45) is 8.01. The van der Waals surface area contributed by atoms with Gasteiger partial charge in [0.2, 0.25) is 11.8 Å². The van der Waals surface area contributed by atoms with Crippen molar-refractivity contribution in [1.82, 2.24) is 10.2 Å². The molecular weight excluding hydrogens is 316 g/mol. The predicted octanol–water partition coefficient (Wildman–Crippen LogP) is 1.81. The van der Waals surface area contributed by atoms with Crippen molar-refractivity contribution >= 4 is 29.5 Å². The molecule has 128 valence electrons. The molecule has 0 aromatic rings. The molecule has 1 N–H and O–H groups in total. The number of esters is 1. The van der Waals surface area contributed by atoms with E-state index in [1.54, 1.807) is 6.92 Å². The van der Waals surface area contributed by atoms with Crippen LogP contribution >= 0.6 is 11.8 Å². The molecule has 2 fully saturated rings. The SMILES string of the molecule is CCOC(=O)/C=C1/SCC(=O)N1CC(=O)NC1CCCCCC1. The minimum absolute atomic E-state index is 0.0342. The summed E-state index contributed by atoms with van der Waals surface area (Å²) < 4.78 is 4.86. The highest BCUT2D eigenvalue weighted by Crippen LogP contribution is 2.28. The van der Waals surface area contributed by atoms with E-state index in [2.05, 4.69) is 5.32 Å². The Bertz CT molecular complexity index is 484. The van der Waals surface area contributed by atoms with Crippen LogP contribution in [0.1, 0.15) is 45.4 Å². The number of rotatable bonds is 5. The number of carbonyl (C=O) groups excluding carboxylic acids is 3. The second-order valence-corrected chi connectivity index (χ2v) is 6.75. The van der Waals surface area contributed by atoms with Gasteiger partial charge in [-0.25, -0.2) is 4.79 Å². The third kappa shape index (κ3) is 5.57. The van der Waals surface area contributed by atoms with Gasteiger partial charge in [-0.1, -0.05) is 37.4 Å². The Morgan fingerprint density at radius 2 is 2.00 bits per heavy atom. The maximum absolute atomic E-state index is 12.2. The van der Waals surface area contributed by atoms with Crippen LogP contribution in [0.15, 0.2) is 11.1 Å². The van der Waals surface area contributed by atoms with Gasteiger partial charge in [0.05, 0.1) is 23.5 Å². The largest absolute Gasteiger partial charge is 0.463 e. The zero-order valence-corrected chi connectivity index (χ0v) is 14.3. The molecule has 2 amide bonds. The predicted molar refractivity (Wildman–Crippen MR) is 88.5 cm³/mol. The molecule has 7 heteroatoms. The van der Waals surface area contributed by atoms with Crippen LogP contribution in [0.5, 0.6) is 0 Å². The third-order valence-electron chi connectivity index (χ3n) is 3.96. The first-order valence-electron chi connectivity index (χ1n) is 8.21. The molecule has 0 atom stereocenters. The smallest absolute Gasteiger partial charge is 0.333 e. The Labute approximate surface area is 141 Å². The number of nitrogens with zero attached hydrogens (tertiary/aromatic N) is 1. The molecule has 2 aliphatic rings. The van der Waals surface area contributed by atoms with E-state index in [4.69, 9.17) is 4.74 Å². The van der Waals surface area contributed by atoms with Crippen LogP contribution in [-0.4, -0.2) is 47.6 Å². The lowest BCUT2D eigenvalue weighted by Gasteiger charge is -2.20. The molecule has 23 heavy (non-hydrogen) atoms. The van der Waals surface area contributed by atoms with E-state index in [0.717, 1.165) is 25.7 Å². The number of thioether (sulfide) groups is 1. The van der Waals surface area contributed by atoms with Gasteiger partial charge >= 0.3 is 5.97 Å². The summed E-state index contributed by atoms with van der Waals surface area (Å²) in [6, 6.07) is 0.202. The summed E-state index contributed by atoms with van der Waals surface area (Å²) in [5.41, 5.74) is 0. The highest BCUT2D eigenvalue weighted by Gasteiger charge is 2.29. The first-order chi connectivity index (χ1) is 11.1. The molecule has 0 radical (unpaired) electrons. The molecule has 0 unspecified atom stereocenters. The van der Waals surface area contributed by atoms with Crippen LogP contribution in [0.4, 0.5) is 0 Å². The minimum Gasteiger partial charge on any atom is -0.463 e. The summed E-state index contributed by atoms with van der Waals surface area (Å²) in [5.74, 6) is -0.551. The van der Waals surface area contributed by atoms with Gasteiger partial charge < -0.3 is 10.1 Å². The standard InChI is InChI=1S/C16H24N2O4S/c1-2-22-16(21)9-15-18(14(20)11-23-15)10-13(19)17-12-7-5-3-4-6-8-12/h9,12H,2-8,10-11H2,1H3,(H,17,19)/b15-9+. The number of hydrogen-bond donors (Lipinski definition) is 1. The van der Waals surface area contributed by atoms with Gasteiger partial charge in [-0.3, -0.25) is 14.5 Å². The fourth-order valence-corrected chi connectivity index (χ4v) is 3.75. The molecular formula is C16H24N2O4S. The van der Waals surface area contributed by atoms with E-state index in [9.17, 15) is 14.4 Å². The Kier molecular flexibility index (Phi) is 6.95. The molecule has 0 aromatic carbocycles. The maximum atomic E-state index is 12.2. The zero-order valence-electron chi connectivity index (χ0n) is 13.5. The molecule has 0 aromatic heterocycles. The molecule has 1 saturated heterocycles. The Morgan fingerprint density at radius 3 is 2.65 bits per heavy atom. The van der Waals surface area contributed by atoms with Crippen LogP contribution in [0.25, 0.3) is 0 Å². The molecule has 1 aliphatic carbocycles. The third-order valence-corrected chi connectivity index (χ3v) is 4.99. The second-order valence-electron chi connectivity index (χ2n) is 5.76. The van der Waals surface area contributed by atoms with Crippen LogP contribution in [0, 0.1) is 0 Å². The molecule has 6 nitrogen and oxygen atoms in total. The Morgan fingerprint density at radius 1 is 1.30 bits per heavy atom. The average molecular weight is 340 g/mol. The Hall–Kier alpha value is -1.50. The summed E-state index contributed by atoms with van der Waals surface area (Å²) in [7, 11) is 0. The van der Waals surface area contributed by atoms with Gasteiger partial charge in [-0.15, -0.1) is 0 Å². The molecule has 0 bridgehead atoms. The van der Waals surface area contributed by atoms with E-state index < -0.39 is 5.97 Å². The van der Waals surface area contributed by atoms with Crippen LogP contribution in [-0.2, 0) is 19.1 Å². The normalized spacial score (nSPS) is 21.3. The van der Waals surface area contributed by atoms with Crippen molar-refractivity contribution in [2.24, 2.45) is 0 Å². The number of nitrogens with one attached hydrogen (secondary N) is 1. The van der Waals surface area contributed by atoms with Gasteiger partial charge in [0.25, 0.3) is 0 Å². The minimum atomic E-state index is -0.487. The number of carbonyl (C=O) groups is 3. The Balaban J connectivity index is 1.91. The van der Waals surface area contributed by atoms with Crippen molar-refractivity contribution in [3.05, 3.63) is 11.1 Å². The lowest BCUT2D eigenvalue weighted by molar-refractivity contribution is -0.137. The van der Waals surface area contributed by atoms with E-state index in [1.165, 1.54) is 35.6 Å². The highest BCUT2D eigenvalue weighted by molar-refractivity contribution is 8.04. The monoisotopic (exact) mass is 340 g/mol. The average Bonchev–Trinajstić information content (AvgIpc) is 2.71. The van der Waals surface area contributed by atoms with Crippen LogP contribution in [0.3, 0.4) is 0 Å². The lowest BCUT2D eigenvalue weighted by atomic mass is 10.1. The summed E-state index contributed by atoms with van der Waals surface area (Å²) >= 11 is 1.26. The summed E-state index contributed by atoms with van der Waals surface area (Å²) in [4.78, 5) is 37.1. The van der Waals surface area contributed by atoms with Crippen molar-refractivity contribution in [1.29, 1.82) is 0 Å². The van der Waals surface area contributed by atoms with E-state index >= 15 is 0 Å². The second kappa shape index (κ2) is 8.96. The van der Waals surface area contributed by atoms with Crippen LogP contribution in [0.2, 0.25) is 0 Å². The lowest BCUT2D eigenvalue weighted by Crippen LogP contribution is -2.42. The highest BCUT2D eigenvalue weighted by atomic mass is 32.2. The van der Waals surface area contributed by atoms with Crippen molar-refractivity contribution in [3.63, 3.8) is 0 Å². The molecule has 2 rings (SSSR count). The molecule has 1 saturated carbocycles. The maximum Gasteiger partial charge on any atom is 0.333 e. The van der Waals surface area contributed by atoms with E-state index in [0.29, 0.717) is 5.03 Å².